The van der Waals surface area contributed by atoms with Gasteiger partial charge >= 0.3 is 12.1 Å². The molecule has 0 spiro atoms. The number of Topliss-reactive ketones (excluding diaryl/α,β-unsaturated/α-hetero) is 1. The predicted molar refractivity (Wildman–Crippen MR) is 187 cm³/mol. The van der Waals surface area contributed by atoms with E-state index in [4.69, 9.17) is 29.4 Å². The van der Waals surface area contributed by atoms with E-state index in [0.29, 0.717) is 12.8 Å². The highest BCUT2D eigenvalue weighted by Crippen LogP contribution is 2.52. The van der Waals surface area contributed by atoms with E-state index in [9.17, 15) is 49.5 Å². The summed E-state index contributed by atoms with van der Waals surface area (Å²) in [6.07, 6.45) is -3.86. The van der Waals surface area contributed by atoms with Gasteiger partial charge in [0, 0.05) is 42.0 Å². The molecule has 1 unspecified atom stereocenters. The molecule has 2 aromatic carbocycles. The topological polar surface area (TPSA) is 271 Å². The monoisotopic (exact) mass is 768 g/mol. The van der Waals surface area contributed by atoms with Gasteiger partial charge in [-0.05, 0) is 38.3 Å². The van der Waals surface area contributed by atoms with Crippen LogP contribution in [-0.4, -0.2) is 118 Å². The maximum Gasteiger partial charge on any atom is 0.408 e. The number of rotatable bonds is 8. The first kappa shape index (κ1) is 39.8. The number of fused-ring (bicyclic) bond motifs is 3. The fourth-order valence-electron chi connectivity index (χ4n) is 7.93. The number of phenols is 2. The number of methoxy groups -OCH3 is 2. The Bertz CT molecular complexity index is 1930. The van der Waals surface area contributed by atoms with Crippen molar-refractivity contribution in [1.29, 1.82) is 0 Å². The second-order valence-corrected chi connectivity index (χ2v) is 14.2. The fraction of sp³-hybridized carbons (Fsp3) is 0.500. The van der Waals surface area contributed by atoms with Gasteiger partial charge in [-0.2, -0.15) is 0 Å². The van der Waals surface area contributed by atoms with Gasteiger partial charge in [-0.15, -0.1) is 0 Å². The van der Waals surface area contributed by atoms with E-state index >= 15 is 0 Å². The van der Waals surface area contributed by atoms with Crippen LogP contribution < -0.4 is 15.8 Å². The number of ether oxygens (including phenoxy) is 5. The van der Waals surface area contributed by atoms with E-state index in [1.165, 1.54) is 39.3 Å². The van der Waals surface area contributed by atoms with Crippen LogP contribution in [0.3, 0.4) is 0 Å². The minimum Gasteiger partial charge on any atom is -0.507 e. The van der Waals surface area contributed by atoms with Gasteiger partial charge in [0.05, 0.1) is 55.1 Å². The molecule has 17 heteroatoms. The molecule has 0 saturated carbocycles. The number of carbonyl (C=O) groups excluding carboxylic acids is 5. The van der Waals surface area contributed by atoms with E-state index in [2.05, 4.69) is 5.32 Å². The summed E-state index contributed by atoms with van der Waals surface area (Å²) in [6.45, 7) is 0.410. The van der Waals surface area contributed by atoms with Gasteiger partial charge in [-0.1, -0.05) is 18.2 Å². The van der Waals surface area contributed by atoms with Gasteiger partial charge in [0.2, 0.25) is 5.78 Å². The maximum absolute atomic E-state index is 13.9. The Morgan fingerprint density at radius 3 is 2.47 bits per heavy atom. The molecule has 17 nitrogen and oxygen atoms in total. The molecule has 1 saturated heterocycles. The third kappa shape index (κ3) is 7.30. The van der Waals surface area contributed by atoms with E-state index in [-0.39, 0.29) is 40.8 Å². The molecule has 4 aliphatic rings. The second kappa shape index (κ2) is 15.7. The van der Waals surface area contributed by atoms with Crippen LogP contribution in [0.15, 0.2) is 30.4 Å². The minimum atomic E-state index is -2.36. The van der Waals surface area contributed by atoms with Crippen LogP contribution in [0.25, 0.3) is 0 Å². The molecule has 1 fully saturated rings. The number of hydrogen-bond acceptors (Lipinski definition) is 16. The van der Waals surface area contributed by atoms with Crippen molar-refractivity contribution in [2.24, 2.45) is 11.7 Å². The van der Waals surface area contributed by atoms with E-state index in [0.717, 1.165) is 0 Å². The Hall–Kier alpha value is -4.91. The quantitative estimate of drug-likeness (QED) is 0.0957. The molecule has 0 bridgehead atoms. The van der Waals surface area contributed by atoms with Crippen molar-refractivity contribution in [2.75, 3.05) is 20.8 Å². The molecule has 2 aromatic rings. The number of aromatic hydroxyl groups is 2. The van der Waals surface area contributed by atoms with Crippen molar-refractivity contribution in [2.45, 2.75) is 93.8 Å². The molecule has 3 aliphatic carbocycles. The van der Waals surface area contributed by atoms with Crippen LogP contribution >= 0.6 is 0 Å². The molecule has 0 radical (unpaired) electrons. The molecule has 1 heterocycles. The lowest BCUT2D eigenvalue weighted by molar-refractivity contribution is -0.249. The normalized spacial score (nSPS) is 30.7. The highest BCUT2D eigenvalue weighted by atomic mass is 16.7. The number of benzene rings is 2. The number of esters is 1. The minimum absolute atomic E-state index is 0.0502. The number of ketones is 3. The molecule has 1 amide bonds. The average Bonchev–Trinajstić information content (AvgIpc) is 3.15. The molecule has 9 atom stereocenters. The van der Waals surface area contributed by atoms with Crippen LogP contribution in [0, 0.1) is 5.92 Å². The van der Waals surface area contributed by atoms with Gasteiger partial charge in [-0.3, -0.25) is 19.2 Å². The highest BCUT2D eigenvalue weighted by molar-refractivity contribution is 6.31. The summed E-state index contributed by atoms with van der Waals surface area (Å²) in [6, 6.07) is 2.78. The number of carbonyl (C=O) groups is 5. The first-order valence-corrected chi connectivity index (χ1v) is 17.8. The van der Waals surface area contributed by atoms with Crippen molar-refractivity contribution >= 4 is 29.4 Å². The lowest BCUT2D eigenvalue weighted by atomic mass is 9.72. The lowest BCUT2D eigenvalue weighted by Crippen LogP contribution is -2.56. The van der Waals surface area contributed by atoms with Crippen LogP contribution in [0.1, 0.15) is 88.1 Å². The summed E-state index contributed by atoms with van der Waals surface area (Å²) in [5.74, 6) is -5.23. The number of nitrogens with two attached hydrogens (primary N) is 1. The summed E-state index contributed by atoms with van der Waals surface area (Å²) in [4.78, 5) is 66.0. The van der Waals surface area contributed by atoms with Crippen molar-refractivity contribution in [3.8, 4) is 17.2 Å². The molecule has 0 aromatic heterocycles. The molecular formula is C38H44N2O15. The number of amides is 1. The van der Waals surface area contributed by atoms with Gasteiger partial charge in [0.15, 0.2) is 17.9 Å². The first-order valence-electron chi connectivity index (χ1n) is 17.8. The Balaban J connectivity index is 1.28. The number of nitrogens with one attached hydrogen (secondary N) is 1. The average molecular weight is 769 g/mol. The Kier molecular flexibility index (Phi) is 11.3. The number of aliphatic hydroxyl groups excluding tert-OH is 2. The molecule has 296 valence electrons. The smallest absolute Gasteiger partial charge is 0.408 e. The Labute approximate surface area is 315 Å². The largest absolute Gasteiger partial charge is 0.507 e. The standard InChI is InChI=1S/C38H44N2O15/c1-16-31(43)22(40-37(49)54-17-6-4-8-21(39)18(11-10-17)36(48)52-3)12-26(53-16)55-24-14-38(50,25(42)15-41)13-20-28(24)35(47)30-29(33(20)45)32(44)19-7-5-9-23(51-2)27(19)34(30)46/h4-7,9,16-18,21-22,24,26,31,41,43,45,47,50H,8,10-15,39H2,1-3H3,(H,40,49)/b6-4+/t16-,17-,18-,21-,22-,24?,26+,31+,38-/m0/s1. The highest BCUT2D eigenvalue weighted by Gasteiger charge is 2.50. The van der Waals surface area contributed by atoms with E-state index in [1.54, 1.807) is 12.2 Å². The predicted octanol–water partition coefficient (Wildman–Crippen LogP) is 0.994. The summed E-state index contributed by atoms with van der Waals surface area (Å²) >= 11 is 0. The first-order chi connectivity index (χ1) is 26.1. The third-order valence-electron chi connectivity index (χ3n) is 10.9. The molecule has 6 rings (SSSR count). The number of phenolic OH excluding ortho intramolecular Hbond substituents is 2. The van der Waals surface area contributed by atoms with Gasteiger partial charge in [0.1, 0.15) is 41.7 Å². The SMILES string of the molecule is COC(=O)[C@H]1CC[C@@H](OC(=O)N[C@H]2C[C@@H](OC3C[C@](O)(C(=O)CO)Cc4c(O)c5c(c(O)c43)C(=O)c3c(OC)cccc3C5=O)O[C@@H](C)[C@H]2O)/C=C/C[C@@H]1N. The molecular weight excluding hydrogens is 724 g/mol. The van der Waals surface area contributed by atoms with Gasteiger partial charge < -0.3 is 60.3 Å². The van der Waals surface area contributed by atoms with Crippen molar-refractivity contribution in [1.82, 2.24) is 5.32 Å². The van der Waals surface area contributed by atoms with Crippen molar-refractivity contribution in [3.05, 3.63) is 63.7 Å². The number of alkyl carbamates (subject to hydrolysis) is 1. The molecule has 55 heavy (non-hydrogen) atoms. The van der Waals surface area contributed by atoms with Crippen LogP contribution in [0.4, 0.5) is 4.79 Å². The van der Waals surface area contributed by atoms with Crippen molar-refractivity contribution < 1.29 is 73.2 Å². The van der Waals surface area contributed by atoms with Crippen LogP contribution in [0.5, 0.6) is 17.2 Å². The zero-order chi connectivity index (χ0) is 39.9. The zero-order valence-corrected chi connectivity index (χ0v) is 30.4. The zero-order valence-electron chi connectivity index (χ0n) is 30.4. The lowest BCUT2D eigenvalue weighted by Gasteiger charge is -2.42. The van der Waals surface area contributed by atoms with Crippen LogP contribution in [0.2, 0.25) is 0 Å². The summed E-state index contributed by atoms with van der Waals surface area (Å²) in [5, 5.41) is 58.3. The van der Waals surface area contributed by atoms with E-state index < -0.39 is 126 Å². The molecule has 1 aliphatic heterocycles. The van der Waals surface area contributed by atoms with Gasteiger partial charge in [0.25, 0.3) is 0 Å². The Morgan fingerprint density at radius 1 is 1.05 bits per heavy atom. The van der Waals surface area contributed by atoms with Crippen LogP contribution in [-0.2, 0) is 35.0 Å². The second-order valence-electron chi connectivity index (χ2n) is 14.2. The van der Waals surface area contributed by atoms with Gasteiger partial charge in [-0.25, -0.2) is 4.79 Å². The third-order valence-corrected chi connectivity index (χ3v) is 10.9. The summed E-state index contributed by atoms with van der Waals surface area (Å²) in [5.41, 5.74) is 1.96. The summed E-state index contributed by atoms with van der Waals surface area (Å²) in [7, 11) is 2.57. The number of hydrogen-bond donors (Lipinski definition) is 7. The van der Waals surface area contributed by atoms with Crippen molar-refractivity contribution in [3.63, 3.8) is 0 Å². The maximum atomic E-state index is 13.9. The molecule has 8 N–H and O–H groups in total. The fourth-order valence-corrected chi connectivity index (χ4v) is 7.93. The summed E-state index contributed by atoms with van der Waals surface area (Å²) < 4.78 is 27.9. The van der Waals surface area contributed by atoms with E-state index in [1.807, 2.05) is 0 Å². The number of aliphatic hydroxyl groups is 3. The Morgan fingerprint density at radius 2 is 1.78 bits per heavy atom.